The fourth-order valence-electron chi connectivity index (χ4n) is 1.87. The molecule has 2 unspecified atom stereocenters. The van der Waals surface area contributed by atoms with E-state index in [1.165, 1.54) is 38.5 Å². The SMILES string of the molecule is CCCCCCCC(C)NCC(C)OCC. The summed E-state index contributed by atoms with van der Waals surface area (Å²) in [4.78, 5) is 0. The molecule has 2 heteroatoms. The first-order valence-electron chi connectivity index (χ1n) is 7.05. The minimum atomic E-state index is 0.340. The first-order chi connectivity index (χ1) is 7.70. The Balaban J connectivity index is 3.27. The highest BCUT2D eigenvalue weighted by atomic mass is 16.5. The van der Waals surface area contributed by atoms with Crippen molar-refractivity contribution in [3.8, 4) is 0 Å². The Kier molecular flexibility index (Phi) is 11.3. The summed E-state index contributed by atoms with van der Waals surface area (Å²) in [6.07, 6.45) is 8.51. The van der Waals surface area contributed by atoms with Crippen LogP contribution >= 0.6 is 0 Å². The van der Waals surface area contributed by atoms with E-state index in [4.69, 9.17) is 4.74 Å². The van der Waals surface area contributed by atoms with Crippen molar-refractivity contribution in [3.63, 3.8) is 0 Å². The third-order valence-corrected chi connectivity index (χ3v) is 2.95. The van der Waals surface area contributed by atoms with Crippen LogP contribution in [-0.4, -0.2) is 25.3 Å². The summed E-state index contributed by atoms with van der Waals surface area (Å²) in [5.74, 6) is 0. The molecule has 0 aromatic rings. The molecule has 2 nitrogen and oxygen atoms in total. The van der Waals surface area contributed by atoms with Gasteiger partial charge in [-0.05, 0) is 27.2 Å². The van der Waals surface area contributed by atoms with Gasteiger partial charge in [0.05, 0.1) is 6.10 Å². The highest BCUT2D eigenvalue weighted by Crippen LogP contribution is 2.07. The van der Waals surface area contributed by atoms with Crippen LogP contribution in [0.5, 0.6) is 0 Å². The second-order valence-corrected chi connectivity index (χ2v) is 4.78. The lowest BCUT2D eigenvalue weighted by Crippen LogP contribution is -2.33. The van der Waals surface area contributed by atoms with Crippen LogP contribution in [0.1, 0.15) is 66.2 Å². The maximum atomic E-state index is 5.49. The van der Waals surface area contributed by atoms with Gasteiger partial charge >= 0.3 is 0 Å². The third-order valence-electron chi connectivity index (χ3n) is 2.95. The lowest BCUT2D eigenvalue weighted by atomic mass is 10.1. The smallest absolute Gasteiger partial charge is 0.0671 e. The zero-order valence-electron chi connectivity index (χ0n) is 11.7. The summed E-state index contributed by atoms with van der Waals surface area (Å²) in [7, 11) is 0. The van der Waals surface area contributed by atoms with E-state index >= 15 is 0 Å². The molecule has 0 spiro atoms. The van der Waals surface area contributed by atoms with Gasteiger partial charge in [0.15, 0.2) is 0 Å². The summed E-state index contributed by atoms with van der Waals surface area (Å²) in [6, 6.07) is 0.629. The zero-order valence-corrected chi connectivity index (χ0v) is 11.7. The van der Waals surface area contributed by atoms with E-state index in [9.17, 15) is 0 Å². The Labute approximate surface area is 102 Å². The quantitative estimate of drug-likeness (QED) is 0.545. The molecule has 0 amide bonds. The fourth-order valence-corrected chi connectivity index (χ4v) is 1.87. The van der Waals surface area contributed by atoms with E-state index in [-0.39, 0.29) is 0 Å². The highest BCUT2D eigenvalue weighted by molar-refractivity contribution is 4.63. The van der Waals surface area contributed by atoms with Gasteiger partial charge in [0.25, 0.3) is 0 Å². The Hall–Kier alpha value is -0.0800. The molecule has 0 rings (SSSR count). The van der Waals surface area contributed by atoms with E-state index in [0.717, 1.165) is 13.2 Å². The van der Waals surface area contributed by atoms with Gasteiger partial charge in [-0.3, -0.25) is 0 Å². The minimum Gasteiger partial charge on any atom is -0.377 e. The van der Waals surface area contributed by atoms with Crippen LogP contribution in [0.3, 0.4) is 0 Å². The molecular weight excluding hydrogens is 198 g/mol. The lowest BCUT2D eigenvalue weighted by molar-refractivity contribution is 0.0741. The van der Waals surface area contributed by atoms with Crippen molar-refractivity contribution in [2.75, 3.05) is 13.2 Å². The standard InChI is InChI=1S/C14H31NO/c1-5-7-8-9-10-11-13(3)15-12-14(4)16-6-2/h13-15H,5-12H2,1-4H3. The number of hydrogen-bond acceptors (Lipinski definition) is 2. The number of unbranched alkanes of at least 4 members (excludes halogenated alkanes) is 4. The predicted octanol–water partition coefficient (Wildman–Crippen LogP) is 3.75. The van der Waals surface area contributed by atoms with Crippen molar-refractivity contribution in [3.05, 3.63) is 0 Å². The van der Waals surface area contributed by atoms with Crippen LogP contribution in [-0.2, 0) is 4.74 Å². The zero-order chi connectivity index (χ0) is 12.2. The summed E-state index contributed by atoms with van der Waals surface area (Å²) in [5.41, 5.74) is 0. The van der Waals surface area contributed by atoms with Crippen LogP contribution < -0.4 is 5.32 Å². The molecule has 0 radical (unpaired) electrons. The van der Waals surface area contributed by atoms with Crippen molar-refractivity contribution >= 4 is 0 Å². The molecule has 0 aromatic heterocycles. The molecule has 0 saturated heterocycles. The van der Waals surface area contributed by atoms with Crippen LogP contribution in [0, 0.1) is 0 Å². The molecule has 0 aliphatic rings. The normalized spacial score (nSPS) is 15.0. The largest absolute Gasteiger partial charge is 0.377 e. The van der Waals surface area contributed by atoms with Crippen LogP contribution in [0.25, 0.3) is 0 Å². The molecule has 0 aliphatic carbocycles. The second kappa shape index (κ2) is 11.4. The lowest BCUT2D eigenvalue weighted by Gasteiger charge is -2.17. The third kappa shape index (κ3) is 10.4. The van der Waals surface area contributed by atoms with E-state index in [0.29, 0.717) is 12.1 Å². The molecule has 98 valence electrons. The summed E-state index contributed by atoms with van der Waals surface area (Å²) in [5, 5.41) is 3.53. The second-order valence-electron chi connectivity index (χ2n) is 4.78. The van der Waals surface area contributed by atoms with Crippen molar-refractivity contribution < 1.29 is 4.74 Å². The number of rotatable bonds is 11. The van der Waals surface area contributed by atoms with Gasteiger partial charge in [-0.25, -0.2) is 0 Å². The summed E-state index contributed by atoms with van der Waals surface area (Å²) < 4.78 is 5.49. The number of ether oxygens (including phenoxy) is 1. The Bertz CT molecular complexity index is 139. The van der Waals surface area contributed by atoms with E-state index < -0.39 is 0 Å². The van der Waals surface area contributed by atoms with E-state index in [2.05, 4.69) is 26.1 Å². The van der Waals surface area contributed by atoms with Gasteiger partial charge < -0.3 is 10.1 Å². The Morgan fingerprint density at radius 2 is 1.69 bits per heavy atom. The molecule has 0 bridgehead atoms. The Morgan fingerprint density at radius 3 is 2.31 bits per heavy atom. The molecule has 0 heterocycles. The molecule has 0 aliphatic heterocycles. The molecule has 2 atom stereocenters. The van der Waals surface area contributed by atoms with Gasteiger partial charge in [-0.15, -0.1) is 0 Å². The monoisotopic (exact) mass is 229 g/mol. The van der Waals surface area contributed by atoms with Gasteiger partial charge in [-0.2, -0.15) is 0 Å². The number of hydrogen-bond donors (Lipinski definition) is 1. The average Bonchev–Trinajstić information content (AvgIpc) is 2.26. The molecule has 0 aromatic carbocycles. The van der Waals surface area contributed by atoms with Gasteiger partial charge in [0, 0.05) is 19.2 Å². The maximum absolute atomic E-state index is 5.49. The predicted molar refractivity (Wildman–Crippen MR) is 71.9 cm³/mol. The minimum absolute atomic E-state index is 0.340. The van der Waals surface area contributed by atoms with Gasteiger partial charge in [0.2, 0.25) is 0 Å². The molecule has 1 N–H and O–H groups in total. The van der Waals surface area contributed by atoms with Crippen molar-refractivity contribution in [2.45, 2.75) is 78.4 Å². The van der Waals surface area contributed by atoms with Crippen molar-refractivity contribution in [2.24, 2.45) is 0 Å². The summed E-state index contributed by atoms with van der Waals surface area (Å²) >= 11 is 0. The maximum Gasteiger partial charge on any atom is 0.0671 e. The molecule has 16 heavy (non-hydrogen) atoms. The van der Waals surface area contributed by atoms with Crippen LogP contribution in [0.4, 0.5) is 0 Å². The topological polar surface area (TPSA) is 21.3 Å². The van der Waals surface area contributed by atoms with Crippen molar-refractivity contribution in [1.29, 1.82) is 0 Å². The average molecular weight is 229 g/mol. The highest BCUT2D eigenvalue weighted by Gasteiger charge is 2.04. The summed E-state index contributed by atoms with van der Waals surface area (Å²) in [6.45, 7) is 10.5. The van der Waals surface area contributed by atoms with E-state index in [1.54, 1.807) is 0 Å². The van der Waals surface area contributed by atoms with Gasteiger partial charge in [-0.1, -0.05) is 39.0 Å². The van der Waals surface area contributed by atoms with Crippen LogP contribution in [0.15, 0.2) is 0 Å². The molecule has 0 saturated carbocycles. The number of nitrogens with one attached hydrogen (secondary N) is 1. The van der Waals surface area contributed by atoms with Crippen LogP contribution in [0.2, 0.25) is 0 Å². The first-order valence-corrected chi connectivity index (χ1v) is 7.05. The molecule has 0 fully saturated rings. The van der Waals surface area contributed by atoms with Crippen molar-refractivity contribution in [1.82, 2.24) is 5.32 Å². The van der Waals surface area contributed by atoms with E-state index in [1.807, 2.05) is 6.92 Å². The molecular formula is C14H31NO. The van der Waals surface area contributed by atoms with Gasteiger partial charge in [0.1, 0.15) is 0 Å². The first kappa shape index (κ1) is 15.9. The Morgan fingerprint density at radius 1 is 1.00 bits per heavy atom. The fraction of sp³-hybridized carbons (Fsp3) is 1.00.